The summed E-state index contributed by atoms with van der Waals surface area (Å²) in [6.45, 7) is 2.10. The van der Waals surface area contributed by atoms with Crippen LogP contribution in [0.5, 0.6) is 0 Å². The van der Waals surface area contributed by atoms with E-state index >= 15 is 0 Å². The van der Waals surface area contributed by atoms with E-state index < -0.39 is 0 Å². The van der Waals surface area contributed by atoms with Crippen LogP contribution in [0.3, 0.4) is 0 Å². The van der Waals surface area contributed by atoms with Gasteiger partial charge in [-0.15, -0.1) is 0 Å². The molecular weight excluding hydrogens is 168 g/mol. The van der Waals surface area contributed by atoms with Gasteiger partial charge in [0, 0.05) is 18.8 Å². The molecule has 1 unspecified atom stereocenters. The molecule has 72 valence electrons. The zero-order valence-electron chi connectivity index (χ0n) is 7.57. The first-order valence-electron chi connectivity index (χ1n) is 4.18. The molecule has 5 nitrogen and oxygen atoms in total. The molecule has 0 aliphatic heterocycles. The number of nitrogen functional groups attached to an aromatic ring is 1. The number of aromatic nitrogens is 2. The van der Waals surface area contributed by atoms with E-state index in [1.54, 1.807) is 12.3 Å². The molecule has 0 aliphatic carbocycles. The Morgan fingerprint density at radius 3 is 3.08 bits per heavy atom. The minimum absolute atomic E-state index is 0.145. The van der Waals surface area contributed by atoms with Gasteiger partial charge in [0.2, 0.25) is 5.95 Å². The first-order valence-corrected chi connectivity index (χ1v) is 4.18. The van der Waals surface area contributed by atoms with Crippen molar-refractivity contribution in [2.45, 2.75) is 19.4 Å². The molecule has 13 heavy (non-hydrogen) atoms. The van der Waals surface area contributed by atoms with Gasteiger partial charge in [-0.3, -0.25) is 0 Å². The predicted molar refractivity (Wildman–Crippen MR) is 51.2 cm³/mol. The maximum Gasteiger partial charge on any atom is 0.224 e. The largest absolute Gasteiger partial charge is 0.396 e. The second kappa shape index (κ2) is 4.61. The van der Waals surface area contributed by atoms with Crippen molar-refractivity contribution in [2.24, 2.45) is 0 Å². The van der Waals surface area contributed by atoms with Crippen LogP contribution in [-0.4, -0.2) is 27.7 Å². The molecule has 5 heteroatoms. The van der Waals surface area contributed by atoms with Crippen LogP contribution in [-0.2, 0) is 0 Å². The molecule has 0 amide bonds. The van der Waals surface area contributed by atoms with Crippen LogP contribution in [0.2, 0.25) is 0 Å². The van der Waals surface area contributed by atoms with Crippen molar-refractivity contribution in [2.75, 3.05) is 17.7 Å². The summed E-state index contributed by atoms with van der Waals surface area (Å²) in [7, 11) is 0. The van der Waals surface area contributed by atoms with Crippen molar-refractivity contribution in [3.63, 3.8) is 0 Å². The molecule has 0 aromatic carbocycles. The summed E-state index contributed by atoms with van der Waals surface area (Å²) in [5.74, 6) is 0.939. The Morgan fingerprint density at radius 1 is 1.69 bits per heavy atom. The van der Waals surface area contributed by atoms with Crippen LogP contribution in [0.25, 0.3) is 0 Å². The molecule has 1 atom stereocenters. The second-order valence-corrected chi connectivity index (χ2v) is 2.86. The predicted octanol–water partition coefficient (Wildman–Crippen LogP) is 0.242. The third-order valence-corrected chi connectivity index (χ3v) is 1.61. The number of aliphatic hydroxyl groups is 1. The average Bonchev–Trinajstić information content (AvgIpc) is 2.04. The second-order valence-electron chi connectivity index (χ2n) is 2.86. The van der Waals surface area contributed by atoms with E-state index in [2.05, 4.69) is 15.3 Å². The number of nitrogens with zero attached hydrogens (tertiary/aromatic N) is 2. The fraction of sp³-hybridized carbons (Fsp3) is 0.500. The lowest BCUT2D eigenvalue weighted by Gasteiger charge is -2.11. The molecule has 1 rings (SSSR count). The molecule has 1 aromatic rings. The van der Waals surface area contributed by atoms with Crippen molar-refractivity contribution >= 4 is 11.8 Å². The SMILES string of the molecule is CC(CCO)Nc1nccc(N)n1. The van der Waals surface area contributed by atoms with Gasteiger partial charge in [-0.1, -0.05) is 0 Å². The van der Waals surface area contributed by atoms with E-state index in [4.69, 9.17) is 10.8 Å². The first-order chi connectivity index (χ1) is 6.22. The zero-order valence-corrected chi connectivity index (χ0v) is 7.57. The molecule has 1 heterocycles. The normalized spacial score (nSPS) is 12.5. The van der Waals surface area contributed by atoms with Crippen LogP contribution >= 0.6 is 0 Å². The minimum atomic E-state index is 0.145. The third-order valence-electron chi connectivity index (χ3n) is 1.61. The Morgan fingerprint density at radius 2 is 2.46 bits per heavy atom. The molecule has 0 aliphatic rings. The Kier molecular flexibility index (Phi) is 3.45. The Hall–Kier alpha value is -1.36. The van der Waals surface area contributed by atoms with Crippen LogP contribution in [0.4, 0.5) is 11.8 Å². The van der Waals surface area contributed by atoms with Crippen molar-refractivity contribution in [3.8, 4) is 0 Å². The molecule has 0 spiro atoms. The third kappa shape index (κ3) is 3.25. The maximum atomic E-state index is 8.66. The summed E-state index contributed by atoms with van der Waals surface area (Å²) >= 11 is 0. The van der Waals surface area contributed by atoms with E-state index in [-0.39, 0.29) is 12.6 Å². The summed E-state index contributed by atoms with van der Waals surface area (Å²) in [4.78, 5) is 7.95. The number of rotatable bonds is 4. The number of hydrogen-bond acceptors (Lipinski definition) is 5. The van der Waals surface area contributed by atoms with Crippen LogP contribution in [0, 0.1) is 0 Å². The Balaban J connectivity index is 2.53. The summed E-state index contributed by atoms with van der Waals surface area (Å²) in [5, 5.41) is 11.7. The van der Waals surface area contributed by atoms with E-state index in [9.17, 15) is 0 Å². The Bertz CT molecular complexity index is 266. The first kappa shape index (κ1) is 9.73. The smallest absolute Gasteiger partial charge is 0.224 e. The Labute approximate surface area is 77.0 Å². The van der Waals surface area contributed by atoms with E-state index in [0.29, 0.717) is 18.2 Å². The van der Waals surface area contributed by atoms with Gasteiger partial charge < -0.3 is 16.2 Å². The zero-order chi connectivity index (χ0) is 9.68. The van der Waals surface area contributed by atoms with E-state index in [1.807, 2.05) is 6.92 Å². The highest BCUT2D eigenvalue weighted by Gasteiger charge is 2.02. The standard InChI is InChI=1S/C8H14N4O/c1-6(3-5-13)11-8-10-4-2-7(9)12-8/h2,4,6,13H,3,5H2,1H3,(H3,9,10,11,12). The van der Waals surface area contributed by atoms with Crippen molar-refractivity contribution in [1.82, 2.24) is 9.97 Å². The van der Waals surface area contributed by atoms with Gasteiger partial charge in [-0.05, 0) is 19.4 Å². The topological polar surface area (TPSA) is 84.1 Å². The lowest BCUT2D eigenvalue weighted by atomic mass is 10.2. The molecule has 0 saturated heterocycles. The monoisotopic (exact) mass is 182 g/mol. The molecule has 4 N–H and O–H groups in total. The highest BCUT2D eigenvalue weighted by atomic mass is 16.3. The highest BCUT2D eigenvalue weighted by Crippen LogP contribution is 2.04. The van der Waals surface area contributed by atoms with Crippen LogP contribution in [0.1, 0.15) is 13.3 Å². The van der Waals surface area contributed by atoms with Crippen molar-refractivity contribution in [3.05, 3.63) is 12.3 Å². The fourth-order valence-electron chi connectivity index (χ4n) is 0.928. The van der Waals surface area contributed by atoms with Crippen LogP contribution in [0.15, 0.2) is 12.3 Å². The number of nitrogens with two attached hydrogens (primary N) is 1. The fourth-order valence-corrected chi connectivity index (χ4v) is 0.928. The van der Waals surface area contributed by atoms with Gasteiger partial charge in [0.25, 0.3) is 0 Å². The molecular formula is C8H14N4O. The summed E-state index contributed by atoms with van der Waals surface area (Å²) in [6.07, 6.45) is 2.26. The van der Waals surface area contributed by atoms with E-state index in [1.165, 1.54) is 0 Å². The quantitative estimate of drug-likeness (QED) is 0.621. The summed E-state index contributed by atoms with van der Waals surface area (Å²) in [5.41, 5.74) is 5.47. The van der Waals surface area contributed by atoms with Gasteiger partial charge in [0.05, 0.1) is 0 Å². The van der Waals surface area contributed by atoms with Gasteiger partial charge >= 0.3 is 0 Å². The van der Waals surface area contributed by atoms with Crippen LogP contribution < -0.4 is 11.1 Å². The number of anilines is 2. The number of hydrogen-bond donors (Lipinski definition) is 3. The van der Waals surface area contributed by atoms with Gasteiger partial charge in [-0.2, -0.15) is 4.98 Å². The minimum Gasteiger partial charge on any atom is -0.396 e. The summed E-state index contributed by atoms with van der Waals surface area (Å²) < 4.78 is 0. The molecule has 1 aromatic heterocycles. The number of aliphatic hydroxyl groups excluding tert-OH is 1. The van der Waals surface area contributed by atoms with Crippen molar-refractivity contribution in [1.29, 1.82) is 0 Å². The van der Waals surface area contributed by atoms with E-state index in [0.717, 1.165) is 0 Å². The molecule has 0 radical (unpaired) electrons. The maximum absolute atomic E-state index is 8.66. The van der Waals surface area contributed by atoms with Gasteiger partial charge in [-0.25, -0.2) is 4.98 Å². The highest BCUT2D eigenvalue weighted by molar-refractivity contribution is 5.35. The number of nitrogens with one attached hydrogen (secondary N) is 1. The van der Waals surface area contributed by atoms with Gasteiger partial charge in [0.15, 0.2) is 0 Å². The lowest BCUT2D eigenvalue weighted by Crippen LogP contribution is -2.18. The summed E-state index contributed by atoms with van der Waals surface area (Å²) in [6, 6.07) is 1.77. The van der Waals surface area contributed by atoms with Crippen molar-refractivity contribution < 1.29 is 5.11 Å². The van der Waals surface area contributed by atoms with Gasteiger partial charge in [0.1, 0.15) is 5.82 Å². The average molecular weight is 182 g/mol. The molecule has 0 saturated carbocycles. The molecule has 0 bridgehead atoms. The molecule has 0 fully saturated rings. The lowest BCUT2D eigenvalue weighted by molar-refractivity contribution is 0.282.